The number of alkyl halides is 1. The van der Waals surface area contributed by atoms with Crippen molar-refractivity contribution in [2.24, 2.45) is 0 Å². The average molecular weight is 326 g/mol. The number of thiophene rings is 1. The summed E-state index contributed by atoms with van der Waals surface area (Å²) in [6, 6.07) is 8.13. The Morgan fingerprint density at radius 1 is 1.35 bits per heavy atom. The summed E-state index contributed by atoms with van der Waals surface area (Å²) in [5, 5.41) is 10.1. The molecule has 0 N–H and O–H groups in total. The molecule has 20 heavy (non-hydrogen) atoms. The number of hydrogen-bond donors (Lipinski definition) is 0. The summed E-state index contributed by atoms with van der Waals surface area (Å²) in [5.74, 6) is 0. The smallest absolute Gasteiger partial charge is 0.101 e. The fourth-order valence-corrected chi connectivity index (χ4v) is 3.64. The molecule has 0 saturated carbocycles. The van der Waals surface area contributed by atoms with Crippen LogP contribution in [0.5, 0.6) is 0 Å². The maximum atomic E-state index is 6.43. The molecule has 0 fully saturated rings. The van der Waals surface area contributed by atoms with Crippen molar-refractivity contribution < 1.29 is 0 Å². The molecule has 0 aliphatic heterocycles. The van der Waals surface area contributed by atoms with Crippen molar-refractivity contribution in [1.29, 1.82) is 0 Å². The Labute approximate surface area is 131 Å². The molecule has 0 aliphatic rings. The van der Waals surface area contributed by atoms with Crippen LogP contribution in [0, 0.1) is 0 Å². The lowest BCUT2D eigenvalue weighted by Gasteiger charge is -1.99. The zero-order valence-corrected chi connectivity index (χ0v) is 13.2. The van der Waals surface area contributed by atoms with Crippen LogP contribution in [0.15, 0.2) is 30.5 Å². The summed E-state index contributed by atoms with van der Waals surface area (Å²) in [7, 11) is 0. The topological polar surface area (TPSA) is 30.7 Å². The highest BCUT2D eigenvalue weighted by atomic mass is 35.5. The normalized spacial score (nSPS) is 12.9. The minimum Gasteiger partial charge on any atom is -0.247 e. The van der Waals surface area contributed by atoms with Crippen molar-refractivity contribution in [1.82, 2.24) is 15.0 Å². The summed E-state index contributed by atoms with van der Waals surface area (Å²) in [4.78, 5) is 1.09. The molecule has 0 saturated heterocycles. The number of hydrogen-bond acceptors (Lipinski definition) is 3. The SMILES string of the molecule is CCC(Cl)c1cn(Cc2sc3ccccc3c2Cl)nn1. The van der Waals surface area contributed by atoms with E-state index in [2.05, 4.69) is 16.4 Å². The quantitative estimate of drug-likeness (QED) is 0.640. The van der Waals surface area contributed by atoms with Crippen LogP contribution in [-0.4, -0.2) is 15.0 Å². The van der Waals surface area contributed by atoms with E-state index in [-0.39, 0.29) is 5.38 Å². The molecule has 6 heteroatoms. The van der Waals surface area contributed by atoms with Crippen LogP contribution in [0.25, 0.3) is 10.1 Å². The first kappa shape index (κ1) is 13.9. The number of aromatic nitrogens is 3. The Morgan fingerprint density at radius 2 is 2.15 bits per heavy atom. The lowest BCUT2D eigenvalue weighted by atomic mass is 10.2. The Balaban J connectivity index is 1.89. The summed E-state index contributed by atoms with van der Waals surface area (Å²) in [5.41, 5.74) is 0.811. The molecule has 2 aromatic heterocycles. The van der Waals surface area contributed by atoms with Crippen LogP contribution in [0.4, 0.5) is 0 Å². The van der Waals surface area contributed by atoms with Crippen molar-refractivity contribution in [3.8, 4) is 0 Å². The van der Waals surface area contributed by atoms with Crippen LogP contribution < -0.4 is 0 Å². The van der Waals surface area contributed by atoms with Gasteiger partial charge in [0.05, 0.1) is 23.1 Å². The van der Waals surface area contributed by atoms with E-state index in [1.165, 1.54) is 4.70 Å². The van der Waals surface area contributed by atoms with E-state index in [1.807, 2.05) is 31.3 Å². The molecule has 0 aliphatic carbocycles. The Morgan fingerprint density at radius 3 is 2.90 bits per heavy atom. The Hall–Kier alpha value is -1.10. The second kappa shape index (κ2) is 5.72. The van der Waals surface area contributed by atoms with Crippen molar-refractivity contribution in [3.05, 3.63) is 46.1 Å². The van der Waals surface area contributed by atoms with E-state index in [4.69, 9.17) is 23.2 Å². The highest BCUT2D eigenvalue weighted by Gasteiger charge is 2.13. The average Bonchev–Trinajstić information content (AvgIpc) is 3.05. The van der Waals surface area contributed by atoms with Crippen molar-refractivity contribution in [3.63, 3.8) is 0 Å². The van der Waals surface area contributed by atoms with Gasteiger partial charge in [-0.25, -0.2) is 4.68 Å². The van der Waals surface area contributed by atoms with Crippen LogP contribution >= 0.6 is 34.5 Å². The largest absolute Gasteiger partial charge is 0.247 e. The third-order valence-corrected chi connectivity index (χ3v) is 5.37. The molecule has 2 heterocycles. The van der Waals surface area contributed by atoms with Gasteiger partial charge in [0.15, 0.2) is 0 Å². The van der Waals surface area contributed by atoms with Gasteiger partial charge in [-0.1, -0.05) is 41.9 Å². The Kier molecular flexibility index (Phi) is 3.96. The van der Waals surface area contributed by atoms with E-state index in [1.54, 1.807) is 16.0 Å². The fraction of sp³-hybridized carbons (Fsp3) is 0.286. The molecule has 1 unspecified atom stereocenters. The molecule has 0 amide bonds. The first-order chi connectivity index (χ1) is 9.69. The van der Waals surface area contributed by atoms with Gasteiger partial charge in [-0.05, 0) is 12.5 Å². The molecule has 1 atom stereocenters. The van der Waals surface area contributed by atoms with E-state index < -0.39 is 0 Å². The summed E-state index contributed by atoms with van der Waals surface area (Å²) in [6.07, 6.45) is 2.73. The fourth-order valence-electron chi connectivity index (χ4n) is 2.06. The van der Waals surface area contributed by atoms with Gasteiger partial charge in [0.2, 0.25) is 0 Å². The van der Waals surface area contributed by atoms with Gasteiger partial charge in [-0.2, -0.15) is 0 Å². The maximum Gasteiger partial charge on any atom is 0.101 e. The standard InChI is InChI=1S/C14H13Cl2N3S/c1-2-10(15)11-7-19(18-17-11)8-13-14(16)9-5-3-4-6-12(9)20-13/h3-7,10H,2,8H2,1H3. The minimum absolute atomic E-state index is 0.0818. The number of fused-ring (bicyclic) bond motifs is 1. The summed E-state index contributed by atoms with van der Waals surface area (Å²) < 4.78 is 2.98. The summed E-state index contributed by atoms with van der Waals surface area (Å²) in [6.45, 7) is 2.65. The molecule has 3 rings (SSSR count). The predicted octanol–water partition coefficient (Wildman–Crippen LogP) is 4.88. The zero-order valence-electron chi connectivity index (χ0n) is 10.9. The lowest BCUT2D eigenvalue weighted by Crippen LogP contribution is -1.98. The monoisotopic (exact) mass is 325 g/mol. The minimum atomic E-state index is -0.0818. The second-order valence-electron chi connectivity index (χ2n) is 4.55. The van der Waals surface area contributed by atoms with Gasteiger partial charge in [-0.3, -0.25) is 0 Å². The molecule has 3 aromatic rings. The number of nitrogens with zero attached hydrogens (tertiary/aromatic N) is 3. The summed E-state index contributed by atoms with van der Waals surface area (Å²) >= 11 is 14.3. The molecule has 3 nitrogen and oxygen atoms in total. The van der Waals surface area contributed by atoms with Gasteiger partial charge < -0.3 is 0 Å². The highest BCUT2D eigenvalue weighted by molar-refractivity contribution is 7.19. The third-order valence-electron chi connectivity index (χ3n) is 3.14. The molecule has 0 spiro atoms. The third kappa shape index (κ3) is 2.55. The van der Waals surface area contributed by atoms with E-state index in [0.717, 1.165) is 27.4 Å². The maximum absolute atomic E-state index is 6.43. The number of benzene rings is 1. The van der Waals surface area contributed by atoms with Crippen LogP contribution in [-0.2, 0) is 6.54 Å². The first-order valence-corrected chi connectivity index (χ1v) is 8.02. The van der Waals surface area contributed by atoms with Crippen LogP contribution in [0.3, 0.4) is 0 Å². The predicted molar refractivity (Wildman–Crippen MR) is 84.8 cm³/mol. The Bertz CT molecular complexity index is 735. The van der Waals surface area contributed by atoms with Gasteiger partial charge in [0.1, 0.15) is 5.69 Å². The molecule has 0 radical (unpaired) electrons. The van der Waals surface area contributed by atoms with Crippen molar-refractivity contribution in [2.45, 2.75) is 25.3 Å². The second-order valence-corrected chi connectivity index (χ2v) is 6.59. The van der Waals surface area contributed by atoms with Gasteiger partial charge in [-0.15, -0.1) is 28.0 Å². The van der Waals surface area contributed by atoms with E-state index >= 15 is 0 Å². The molecule has 104 valence electrons. The van der Waals surface area contributed by atoms with Gasteiger partial charge in [0.25, 0.3) is 0 Å². The highest BCUT2D eigenvalue weighted by Crippen LogP contribution is 2.35. The molecule has 0 bridgehead atoms. The molecular weight excluding hydrogens is 313 g/mol. The molecular formula is C14H13Cl2N3S. The molecule has 1 aromatic carbocycles. The first-order valence-electron chi connectivity index (χ1n) is 6.39. The van der Waals surface area contributed by atoms with Crippen molar-refractivity contribution >= 4 is 44.6 Å². The van der Waals surface area contributed by atoms with Gasteiger partial charge in [0, 0.05) is 15.0 Å². The van der Waals surface area contributed by atoms with Crippen molar-refractivity contribution in [2.75, 3.05) is 0 Å². The van der Waals surface area contributed by atoms with E-state index in [0.29, 0.717) is 6.54 Å². The van der Waals surface area contributed by atoms with Crippen LogP contribution in [0.2, 0.25) is 5.02 Å². The number of halogens is 2. The zero-order chi connectivity index (χ0) is 14.1. The van der Waals surface area contributed by atoms with E-state index in [9.17, 15) is 0 Å². The van der Waals surface area contributed by atoms with Crippen LogP contribution in [0.1, 0.15) is 29.3 Å². The lowest BCUT2D eigenvalue weighted by molar-refractivity contribution is 0.655. The van der Waals surface area contributed by atoms with Gasteiger partial charge >= 0.3 is 0 Å². The number of rotatable bonds is 4.